The van der Waals surface area contributed by atoms with Gasteiger partial charge in [-0.05, 0) is 13.3 Å². The molecule has 2 heteroatoms. The molecule has 1 rings (SSSR count). The fourth-order valence-corrected chi connectivity index (χ4v) is 1.58. The smallest absolute Gasteiger partial charge is 0.0733 e. The van der Waals surface area contributed by atoms with E-state index in [1.807, 2.05) is 11.8 Å². The third-order valence-electron chi connectivity index (χ3n) is 1.16. The Morgan fingerprint density at radius 2 is 2.62 bits per heavy atom. The molecular weight excluding hydrogens is 118 g/mol. The van der Waals surface area contributed by atoms with E-state index in [9.17, 15) is 0 Å². The van der Waals surface area contributed by atoms with Crippen molar-refractivity contribution in [1.29, 1.82) is 0 Å². The maximum absolute atomic E-state index is 3.22. The van der Waals surface area contributed by atoms with Gasteiger partial charge >= 0.3 is 0 Å². The molecule has 0 aromatic carbocycles. The average Bonchev–Trinajstić information content (AvgIpc) is 2.14. The van der Waals surface area contributed by atoms with Crippen molar-refractivity contribution in [2.75, 3.05) is 0 Å². The highest BCUT2D eigenvalue weighted by Gasteiger charge is 2.08. The summed E-state index contributed by atoms with van der Waals surface area (Å²) in [4.78, 5) is 1.47. The van der Waals surface area contributed by atoms with Crippen molar-refractivity contribution in [3.8, 4) is 0 Å². The van der Waals surface area contributed by atoms with Gasteiger partial charge in [0, 0.05) is 11.1 Å². The van der Waals surface area contributed by atoms with Crippen LogP contribution in [0.5, 0.6) is 0 Å². The highest BCUT2D eigenvalue weighted by Crippen LogP contribution is 2.26. The Bertz CT molecular complexity index is 109. The summed E-state index contributed by atoms with van der Waals surface area (Å²) in [7, 11) is 0. The Hall–Kier alpha value is -0.110. The molecule has 0 fully saturated rings. The second-order valence-corrected chi connectivity index (χ2v) is 3.36. The van der Waals surface area contributed by atoms with Gasteiger partial charge in [-0.1, -0.05) is 6.92 Å². The summed E-state index contributed by atoms with van der Waals surface area (Å²) in [5.41, 5.74) is 0. The number of nitrogens with one attached hydrogen (secondary N) is 1. The predicted octanol–water partition coefficient (Wildman–Crippen LogP) is 1.92. The van der Waals surface area contributed by atoms with E-state index in [2.05, 4.69) is 25.4 Å². The van der Waals surface area contributed by atoms with E-state index in [1.54, 1.807) is 0 Å². The van der Waals surface area contributed by atoms with Crippen molar-refractivity contribution >= 4 is 11.8 Å². The number of hydrogen-bond donors (Lipinski definition) is 1. The summed E-state index contributed by atoms with van der Waals surface area (Å²) in [6.07, 6.45) is 3.28. The van der Waals surface area contributed by atoms with E-state index in [-0.39, 0.29) is 0 Å². The summed E-state index contributed by atoms with van der Waals surface area (Å²) in [5.74, 6) is 0. The molecular formula is C6H11NS. The van der Waals surface area contributed by atoms with Gasteiger partial charge in [-0.2, -0.15) is 0 Å². The van der Waals surface area contributed by atoms with Gasteiger partial charge < -0.3 is 5.32 Å². The molecule has 0 amide bonds. The fourth-order valence-electron chi connectivity index (χ4n) is 0.691. The Balaban J connectivity index is 2.37. The van der Waals surface area contributed by atoms with E-state index in [0.29, 0.717) is 5.37 Å². The van der Waals surface area contributed by atoms with E-state index in [0.717, 1.165) is 0 Å². The minimum absolute atomic E-state index is 0.602. The third kappa shape index (κ3) is 1.19. The Morgan fingerprint density at radius 3 is 2.88 bits per heavy atom. The van der Waals surface area contributed by atoms with Crippen molar-refractivity contribution in [1.82, 2.24) is 5.32 Å². The zero-order valence-electron chi connectivity index (χ0n) is 5.27. The largest absolute Gasteiger partial charge is 0.379 e. The molecule has 1 aliphatic rings. The van der Waals surface area contributed by atoms with E-state index >= 15 is 0 Å². The van der Waals surface area contributed by atoms with Crippen molar-refractivity contribution in [3.63, 3.8) is 0 Å². The van der Waals surface area contributed by atoms with Crippen LogP contribution in [0.3, 0.4) is 0 Å². The monoisotopic (exact) mass is 129 g/mol. The number of hydrogen-bond acceptors (Lipinski definition) is 2. The third-order valence-corrected chi connectivity index (χ3v) is 2.35. The van der Waals surface area contributed by atoms with Crippen LogP contribution in [0.25, 0.3) is 0 Å². The number of thioether (sulfide) groups is 1. The van der Waals surface area contributed by atoms with Crippen LogP contribution < -0.4 is 5.32 Å². The summed E-state index contributed by atoms with van der Waals surface area (Å²) < 4.78 is 0. The molecule has 0 aliphatic carbocycles. The molecule has 0 bridgehead atoms. The van der Waals surface area contributed by atoms with Crippen LogP contribution in [0.1, 0.15) is 20.3 Å². The van der Waals surface area contributed by atoms with E-state index < -0.39 is 0 Å². The topological polar surface area (TPSA) is 12.0 Å². The number of rotatable bonds is 1. The minimum atomic E-state index is 0.602. The van der Waals surface area contributed by atoms with Gasteiger partial charge in [-0.25, -0.2) is 0 Å². The fraction of sp³-hybridized carbons (Fsp3) is 0.667. The predicted molar refractivity (Wildman–Crippen MR) is 38.6 cm³/mol. The molecule has 8 heavy (non-hydrogen) atoms. The number of allylic oxidation sites excluding steroid dienone is 1. The molecule has 0 aromatic rings. The lowest BCUT2D eigenvalue weighted by atomic mass is 10.5. The normalized spacial score (nSPS) is 27.2. The maximum atomic E-state index is 3.22. The summed E-state index contributed by atoms with van der Waals surface area (Å²) >= 11 is 1.92. The highest BCUT2D eigenvalue weighted by molar-refractivity contribution is 8.03. The second kappa shape index (κ2) is 2.44. The first kappa shape index (κ1) is 6.02. The Labute approximate surface area is 54.5 Å². The molecule has 46 valence electrons. The molecule has 0 saturated heterocycles. The molecule has 1 aliphatic heterocycles. The lowest BCUT2D eigenvalue weighted by Crippen LogP contribution is -2.09. The lowest BCUT2D eigenvalue weighted by molar-refractivity contribution is 0.872. The van der Waals surface area contributed by atoms with Gasteiger partial charge in [0.15, 0.2) is 0 Å². The van der Waals surface area contributed by atoms with E-state index in [4.69, 9.17) is 0 Å². The average molecular weight is 129 g/mol. The quantitative estimate of drug-likeness (QED) is 0.580. The van der Waals surface area contributed by atoms with Gasteiger partial charge in [-0.3, -0.25) is 0 Å². The molecule has 1 unspecified atom stereocenters. The molecule has 0 spiro atoms. The van der Waals surface area contributed by atoms with Gasteiger partial charge in [-0.15, -0.1) is 11.8 Å². The first-order valence-corrected chi connectivity index (χ1v) is 3.82. The minimum Gasteiger partial charge on any atom is -0.379 e. The first-order chi connectivity index (χ1) is 3.83. The Morgan fingerprint density at radius 1 is 1.88 bits per heavy atom. The van der Waals surface area contributed by atoms with Crippen molar-refractivity contribution < 1.29 is 0 Å². The molecule has 0 radical (unpaired) electrons. The van der Waals surface area contributed by atoms with Gasteiger partial charge in [0.2, 0.25) is 0 Å². The molecule has 1 heterocycles. The van der Waals surface area contributed by atoms with Crippen molar-refractivity contribution in [2.45, 2.75) is 25.6 Å². The van der Waals surface area contributed by atoms with Gasteiger partial charge in [0.1, 0.15) is 0 Å². The molecule has 1 nitrogen and oxygen atoms in total. The lowest BCUT2D eigenvalue weighted by Gasteiger charge is -1.99. The second-order valence-electron chi connectivity index (χ2n) is 1.89. The van der Waals surface area contributed by atoms with Crippen LogP contribution in [0.15, 0.2) is 11.1 Å². The summed E-state index contributed by atoms with van der Waals surface area (Å²) in [6.45, 7) is 4.35. The van der Waals surface area contributed by atoms with Crippen molar-refractivity contribution in [3.05, 3.63) is 11.1 Å². The highest BCUT2D eigenvalue weighted by atomic mass is 32.2. The van der Waals surface area contributed by atoms with Gasteiger partial charge in [0.25, 0.3) is 0 Å². The standard InChI is InChI=1S/C6H11NS/c1-3-6-4-7-5(2)8-6/h4-5,7H,3H2,1-2H3. The van der Waals surface area contributed by atoms with Crippen LogP contribution in [0.2, 0.25) is 0 Å². The van der Waals surface area contributed by atoms with Crippen molar-refractivity contribution in [2.24, 2.45) is 0 Å². The summed E-state index contributed by atoms with van der Waals surface area (Å²) in [6, 6.07) is 0. The first-order valence-electron chi connectivity index (χ1n) is 2.94. The summed E-state index contributed by atoms with van der Waals surface area (Å²) in [5, 5.41) is 3.82. The zero-order valence-corrected chi connectivity index (χ0v) is 6.09. The molecule has 0 saturated carbocycles. The van der Waals surface area contributed by atoms with E-state index in [1.165, 1.54) is 11.3 Å². The SMILES string of the molecule is CCC1=CNC(C)S1. The zero-order chi connectivity index (χ0) is 5.98. The van der Waals surface area contributed by atoms with Crippen LogP contribution in [0, 0.1) is 0 Å². The van der Waals surface area contributed by atoms with Crippen LogP contribution in [-0.4, -0.2) is 5.37 Å². The van der Waals surface area contributed by atoms with Gasteiger partial charge in [0.05, 0.1) is 5.37 Å². The van der Waals surface area contributed by atoms with Crippen LogP contribution in [-0.2, 0) is 0 Å². The van der Waals surface area contributed by atoms with Crippen LogP contribution in [0.4, 0.5) is 0 Å². The Kier molecular flexibility index (Phi) is 1.84. The van der Waals surface area contributed by atoms with Crippen LogP contribution >= 0.6 is 11.8 Å². The molecule has 1 N–H and O–H groups in total. The molecule has 0 aromatic heterocycles. The maximum Gasteiger partial charge on any atom is 0.0733 e. The molecule has 1 atom stereocenters.